The first-order valence-electron chi connectivity index (χ1n) is 7.72. The standard InChI is InChI=1S/C15H30N2O2/c1-4-5-13-10-15(11-16,6-8-18-13)17-7-9-19-14(2,3)12-17/h13H,4-12,16H2,1-3H3. The molecule has 2 unspecified atom stereocenters. The minimum absolute atomic E-state index is 0.0566. The molecular formula is C15H30N2O2. The van der Waals surface area contributed by atoms with E-state index in [-0.39, 0.29) is 11.1 Å². The van der Waals surface area contributed by atoms with E-state index >= 15 is 0 Å². The van der Waals surface area contributed by atoms with Gasteiger partial charge in [-0.05, 0) is 33.1 Å². The van der Waals surface area contributed by atoms with Crippen LogP contribution in [0.25, 0.3) is 0 Å². The monoisotopic (exact) mass is 270 g/mol. The Kier molecular flexibility index (Phi) is 4.88. The van der Waals surface area contributed by atoms with Gasteiger partial charge < -0.3 is 15.2 Å². The molecule has 0 aliphatic carbocycles. The van der Waals surface area contributed by atoms with Crippen LogP contribution in [0.3, 0.4) is 0 Å². The summed E-state index contributed by atoms with van der Waals surface area (Å²) in [5.41, 5.74) is 6.25. The Labute approximate surface area is 117 Å². The van der Waals surface area contributed by atoms with Gasteiger partial charge in [0.15, 0.2) is 0 Å². The van der Waals surface area contributed by atoms with E-state index in [2.05, 4.69) is 25.7 Å². The van der Waals surface area contributed by atoms with Crippen molar-refractivity contribution in [1.82, 2.24) is 4.90 Å². The summed E-state index contributed by atoms with van der Waals surface area (Å²) in [6, 6.07) is 0. The molecule has 0 aromatic rings. The maximum Gasteiger partial charge on any atom is 0.0753 e. The van der Waals surface area contributed by atoms with E-state index in [0.29, 0.717) is 6.10 Å². The van der Waals surface area contributed by atoms with Crippen LogP contribution in [-0.4, -0.2) is 55.0 Å². The second kappa shape index (κ2) is 6.08. The topological polar surface area (TPSA) is 47.7 Å². The van der Waals surface area contributed by atoms with E-state index in [4.69, 9.17) is 15.2 Å². The van der Waals surface area contributed by atoms with Crippen molar-refractivity contribution in [2.75, 3.05) is 32.8 Å². The van der Waals surface area contributed by atoms with E-state index in [1.807, 2.05) is 0 Å². The van der Waals surface area contributed by atoms with Gasteiger partial charge in [0.2, 0.25) is 0 Å². The van der Waals surface area contributed by atoms with Gasteiger partial charge >= 0.3 is 0 Å². The number of rotatable bonds is 4. The Bertz CT molecular complexity index is 294. The molecule has 0 aromatic heterocycles. The largest absolute Gasteiger partial charge is 0.378 e. The van der Waals surface area contributed by atoms with Gasteiger partial charge in [-0.3, -0.25) is 4.90 Å². The first kappa shape index (κ1) is 15.2. The van der Waals surface area contributed by atoms with Gasteiger partial charge in [0.05, 0.1) is 18.3 Å². The molecule has 2 aliphatic rings. The van der Waals surface area contributed by atoms with Crippen LogP contribution in [0.1, 0.15) is 46.5 Å². The molecule has 2 fully saturated rings. The summed E-state index contributed by atoms with van der Waals surface area (Å²) in [4.78, 5) is 2.57. The average Bonchev–Trinajstić information content (AvgIpc) is 2.38. The van der Waals surface area contributed by atoms with E-state index in [0.717, 1.165) is 52.1 Å². The van der Waals surface area contributed by atoms with Gasteiger partial charge in [-0.1, -0.05) is 13.3 Å². The Morgan fingerprint density at radius 1 is 1.32 bits per heavy atom. The normalized spacial score (nSPS) is 36.3. The third-order valence-electron chi connectivity index (χ3n) is 4.62. The minimum Gasteiger partial charge on any atom is -0.378 e. The van der Waals surface area contributed by atoms with Crippen molar-refractivity contribution in [2.24, 2.45) is 5.73 Å². The highest BCUT2D eigenvalue weighted by atomic mass is 16.5. The minimum atomic E-state index is -0.0566. The Hall–Kier alpha value is -0.160. The third kappa shape index (κ3) is 3.48. The quantitative estimate of drug-likeness (QED) is 0.846. The molecule has 19 heavy (non-hydrogen) atoms. The molecule has 0 saturated carbocycles. The lowest BCUT2D eigenvalue weighted by Crippen LogP contribution is -2.64. The molecule has 0 aromatic carbocycles. The van der Waals surface area contributed by atoms with Crippen LogP contribution < -0.4 is 5.73 Å². The molecule has 2 heterocycles. The lowest BCUT2D eigenvalue weighted by Gasteiger charge is -2.52. The molecule has 2 atom stereocenters. The molecule has 0 amide bonds. The first-order valence-corrected chi connectivity index (χ1v) is 7.72. The van der Waals surface area contributed by atoms with Crippen molar-refractivity contribution >= 4 is 0 Å². The summed E-state index contributed by atoms with van der Waals surface area (Å²) in [5.74, 6) is 0. The zero-order chi connectivity index (χ0) is 13.9. The number of nitrogens with zero attached hydrogens (tertiary/aromatic N) is 1. The Morgan fingerprint density at radius 2 is 2.11 bits per heavy atom. The number of nitrogens with two attached hydrogens (primary N) is 1. The van der Waals surface area contributed by atoms with Crippen LogP contribution in [0.4, 0.5) is 0 Å². The molecule has 2 aliphatic heterocycles. The van der Waals surface area contributed by atoms with Crippen LogP contribution in [-0.2, 0) is 9.47 Å². The lowest BCUT2D eigenvalue weighted by molar-refractivity contribution is -0.144. The number of ether oxygens (including phenoxy) is 2. The summed E-state index contributed by atoms with van der Waals surface area (Å²) < 4.78 is 11.7. The van der Waals surface area contributed by atoms with Crippen molar-refractivity contribution in [1.29, 1.82) is 0 Å². The second-order valence-electron chi connectivity index (χ2n) is 6.69. The zero-order valence-electron chi connectivity index (χ0n) is 12.8. The van der Waals surface area contributed by atoms with Crippen LogP contribution in [0.2, 0.25) is 0 Å². The van der Waals surface area contributed by atoms with Crippen molar-refractivity contribution in [3.05, 3.63) is 0 Å². The fourth-order valence-corrected chi connectivity index (χ4v) is 3.53. The van der Waals surface area contributed by atoms with Gasteiger partial charge in [0, 0.05) is 31.8 Å². The van der Waals surface area contributed by atoms with Crippen LogP contribution in [0.15, 0.2) is 0 Å². The summed E-state index contributed by atoms with van der Waals surface area (Å²) in [6.45, 7) is 10.9. The zero-order valence-corrected chi connectivity index (χ0v) is 12.8. The highest BCUT2D eigenvalue weighted by molar-refractivity contribution is 4.99. The molecule has 2 N–H and O–H groups in total. The van der Waals surface area contributed by atoms with Crippen LogP contribution >= 0.6 is 0 Å². The van der Waals surface area contributed by atoms with E-state index in [1.54, 1.807) is 0 Å². The SMILES string of the molecule is CCCC1CC(CN)(N2CCOC(C)(C)C2)CCO1. The van der Waals surface area contributed by atoms with Gasteiger partial charge in [0.25, 0.3) is 0 Å². The number of morpholine rings is 1. The molecule has 2 saturated heterocycles. The predicted octanol–water partition coefficient (Wildman–Crippen LogP) is 1.77. The van der Waals surface area contributed by atoms with Crippen molar-refractivity contribution < 1.29 is 9.47 Å². The maximum absolute atomic E-state index is 6.18. The summed E-state index contributed by atoms with van der Waals surface area (Å²) in [5, 5.41) is 0. The van der Waals surface area contributed by atoms with E-state index in [1.165, 1.54) is 6.42 Å². The van der Waals surface area contributed by atoms with Crippen molar-refractivity contribution in [3.63, 3.8) is 0 Å². The second-order valence-corrected chi connectivity index (χ2v) is 6.69. The molecule has 112 valence electrons. The number of hydrogen-bond donors (Lipinski definition) is 1. The molecule has 0 bridgehead atoms. The lowest BCUT2D eigenvalue weighted by atomic mass is 9.82. The maximum atomic E-state index is 6.18. The summed E-state index contributed by atoms with van der Waals surface area (Å²) in [6.07, 6.45) is 4.84. The smallest absolute Gasteiger partial charge is 0.0753 e. The Morgan fingerprint density at radius 3 is 2.74 bits per heavy atom. The van der Waals surface area contributed by atoms with Crippen LogP contribution in [0.5, 0.6) is 0 Å². The fourth-order valence-electron chi connectivity index (χ4n) is 3.53. The Balaban J connectivity index is 2.08. The van der Waals surface area contributed by atoms with E-state index in [9.17, 15) is 0 Å². The van der Waals surface area contributed by atoms with Gasteiger partial charge in [0.1, 0.15) is 0 Å². The van der Waals surface area contributed by atoms with E-state index < -0.39 is 0 Å². The highest BCUT2D eigenvalue weighted by Crippen LogP contribution is 2.34. The van der Waals surface area contributed by atoms with Gasteiger partial charge in [-0.2, -0.15) is 0 Å². The fraction of sp³-hybridized carbons (Fsp3) is 1.00. The molecular weight excluding hydrogens is 240 g/mol. The molecule has 4 nitrogen and oxygen atoms in total. The average molecular weight is 270 g/mol. The van der Waals surface area contributed by atoms with Crippen molar-refractivity contribution in [3.8, 4) is 0 Å². The summed E-state index contributed by atoms with van der Waals surface area (Å²) in [7, 11) is 0. The molecule has 0 spiro atoms. The molecule has 4 heteroatoms. The number of hydrogen-bond acceptors (Lipinski definition) is 4. The van der Waals surface area contributed by atoms with Gasteiger partial charge in [-0.25, -0.2) is 0 Å². The van der Waals surface area contributed by atoms with Crippen molar-refractivity contribution in [2.45, 2.75) is 63.7 Å². The summed E-state index contributed by atoms with van der Waals surface area (Å²) >= 11 is 0. The highest BCUT2D eigenvalue weighted by Gasteiger charge is 2.44. The predicted molar refractivity (Wildman–Crippen MR) is 77.3 cm³/mol. The van der Waals surface area contributed by atoms with Crippen LogP contribution in [0, 0.1) is 0 Å². The van der Waals surface area contributed by atoms with Gasteiger partial charge in [-0.15, -0.1) is 0 Å². The third-order valence-corrected chi connectivity index (χ3v) is 4.62. The molecule has 2 rings (SSSR count). The molecule has 0 radical (unpaired) electrons. The first-order chi connectivity index (χ1) is 9.01.